The van der Waals surface area contributed by atoms with E-state index in [2.05, 4.69) is 50.2 Å². The molecule has 4 nitrogen and oxygen atoms in total. The minimum atomic E-state index is -2.70. The molecule has 0 spiro atoms. The van der Waals surface area contributed by atoms with Gasteiger partial charge in [-0.1, -0.05) is 0 Å². The third-order valence-corrected chi connectivity index (χ3v) is 7.42. The molecule has 0 radical (unpaired) electrons. The highest BCUT2D eigenvalue weighted by Crippen LogP contribution is 2.40. The standard InChI is InChI=1S/C16H17BF2I2N2O2/c1-7-13(20)9(3)22-15(7)11(5-6-12(24)25)16-8(2)14(21)10(4)23(16)17(18)19/h5-6H2,1-4H3,(H,24,25)/b15-11-. The SMILES string of the molecule is CC1=N/C(=C(/CCC(=O)O)c2c(C)c(I)c(C)n2B(F)F)C(C)=C1I. The van der Waals surface area contributed by atoms with E-state index in [-0.39, 0.29) is 12.8 Å². The van der Waals surface area contributed by atoms with Crippen molar-refractivity contribution >= 4 is 69.8 Å². The number of hydrogen-bond acceptors (Lipinski definition) is 2. The zero-order valence-corrected chi connectivity index (χ0v) is 18.6. The first-order valence-corrected chi connectivity index (χ1v) is 9.76. The smallest absolute Gasteiger partial charge is 0.481 e. The number of aliphatic carboxylic acids is 1. The highest BCUT2D eigenvalue weighted by atomic mass is 127. The van der Waals surface area contributed by atoms with Crippen molar-refractivity contribution in [2.45, 2.75) is 40.5 Å². The predicted molar refractivity (Wildman–Crippen MR) is 114 cm³/mol. The van der Waals surface area contributed by atoms with Crippen LogP contribution in [0.1, 0.15) is 43.6 Å². The van der Waals surface area contributed by atoms with E-state index in [4.69, 9.17) is 5.11 Å². The summed E-state index contributed by atoms with van der Waals surface area (Å²) in [6, 6.07) is 0. The van der Waals surface area contributed by atoms with Crippen LogP contribution in [0.3, 0.4) is 0 Å². The summed E-state index contributed by atoms with van der Waals surface area (Å²) in [6.07, 6.45) is 0.0105. The van der Waals surface area contributed by atoms with Gasteiger partial charge in [-0.25, -0.2) is 0 Å². The first-order chi connectivity index (χ1) is 11.6. The van der Waals surface area contributed by atoms with Gasteiger partial charge < -0.3 is 9.58 Å². The fraction of sp³-hybridized carbons (Fsp3) is 0.375. The van der Waals surface area contributed by atoms with Crippen molar-refractivity contribution in [1.82, 2.24) is 4.48 Å². The Labute approximate surface area is 172 Å². The molecular formula is C16H17BF2I2N2O2. The van der Waals surface area contributed by atoms with Gasteiger partial charge in [0.15, 0.2) is 0 Å². The molecule has 1 aromatic heterocycles. The lowest BCUT2D eigenvalue weighted by molar-refractivity contribution is -0.136. The van der Waals surface area contributed by atoms with Gasteiger partial charge in [-0.3, -0.25) is 18.4 Å². The van der Waals surface area contributed by atoms with Gasteiger partial charge in [0.05, 0.1) is 11.4 Å². The number of halogens is 4. The molecule has 0 aromatic carbocycles. The molecule has 134 valence electrons. The fourth-order valence-electron chi connectivity index (χ4n) is 3.00. The molecule has 0 bridgehead atoms. The summed E-state index contributed by atoms with van der Waals surface area (Å²) in [7, 11) is -2.70. The predicted octanol–water partition coefficient (Wildman–Crippen LogP) is 5.24. The van der Waals surface area contributed by atoms with E-state index in [1.807, 2.05) is 13.8 Å². The summed E-state index contributed by atoms with van der Waals surface area (Å²) in [4.78, 5) is 15.7. The van der Waals surface area contributed by atoms with Crippen LogP contribution in [-0.4, -0.2) is 28.7 Å². The highest BCUT2D eigenvalue weighted by Gasteiger charge is 2.31. The maximum Gasteiger partial charge on any atom is 0.677 e. The first kappa shape index (κ1) is 20.6. The molecular weight excluding hydrogens is 555 g/mol. The molecule has 0 atom stereocenters. The average Bonchev–Trinajstić information content (AvgIpc) is 2.91. The summed E-state index contributed by atoms with van der Waals surface area (Å²) < 4.78 is 30.2. The Bertz CT molecular complexity index is 842. The molecule has 9 heteroatoms. The van der Waals surface area contributed by atoms with E-state index in [9.17, 15) is 13.4 Å². The maximum atomic E-state index is 13.7. The van der Waals surface area contributed by atoms with Gasteiger partial charge in [0, 0.05) is 30.5 Å². The van der Waals surface area contributed by atoms with Crippen molar-refractivity contribution in [3.63, 3.8) is 0 Å². The van der Waals surface area contributed by atoms with Gasteiger partial charge in [0.1, 0.15) is 0 Å². The van der Waals surface area contributed by atoms with Crippen LogP contribution < -0.4 is 0 Å². The van der Waals surface area contributed by atoms with Gasteiger partial charge in [0.25, 0.3) is 0 Å². The van der Waals surface area contributed by atoms with Crippen LogP contribution in [0, 0.1) is 17.4 Å². The zero-order chi connectivity index (χ0) is 19.0. The summed E-state index contributed by atoms with van der Waals surface area (Å²) in [6.45, 7) is 7.20. The number of nitrogens with zero attached hydrogens (tertiary/aromatic N) is 2. The molecule has 2 heterocycles. The monoisotopic (exact) mass is 572 g/mol. The van der Waals surface area contributed by atoms with Gasteiger partial charge in [0.2, 0.25) is 0 Å². The van der Waals surface area contributed by atoms with Gasteiger partial charge in [-0.15, -0.1) is 0 Å². The number of carboxylic acid groups (broad SMARTS) is 1. The molecule has 0 saturated heterocycles. The Morgan fingerprint density at radius 1 is 1.20 bits per heavy atom. The number of rotatable bonds is 5. The summed E-state index contributed by atoms with van der Waals surface area (Å²) in [5.41, 5.74) is 4.49. The van der Waals surface area contributed by atoms with Gasteiger partial charge in [-0.2, -0.15) is 0 Å². The lowest BCUT2D eigenvalue weighted by Crippen LogP contribution is -2.18. The number of carboxylic acids is 1. The zero-order valence-electron chi connectivity index (χ0n) is 14.3. The van der Waals surface area contributed by atoms with Crippen molar-refractivity contribution in [3.8, 4) is 0 Å². The summed E-state index contributed by atoms with van der Waals surface area (Å²) >= 11 is 4.24. The van der Waals surface area contributed by atoms with Crippen LogP contribution in [0.15, 0.2) is 19.8 Å². The Kier molecular flexibility index (Phi) is 6.50. The maximum absolute atomic E-state index is 13.7. The number of aliphatic imine (C=N–C) groups is 1. The Morgan fingerprint density at radius 2 is 1.80 bits per heavy atom. The first-order valence-electron chi connectivity index (χ1n) is 7.60. The summed E-state index contributed by atoms with van der Waals surface area (Å²) in [5.74, 6) is -0.965. The van der Waals surface area contributed by atoms with Crippen LogP contribution in [0.5, 0.6) is 0 Å². The van der Waals surface area contributed by atoms with Crippen molar-refractivity contribution in [3.05, 3.63) is 35.4 Å². The summed E-state index contributed by atoms with van der Waals surface area (Å²) in [5, 5.41) is 9.10. The second-order valence-corrected chi connectivity index (χ2v) is 8.04. The van der Waals surface area contributed by atoms with Crippen molar-refractivity contribution in [2.24, 2.45) is 4.99 Å². The Hall–Kier alpha value is -0.715. The molecule has 2 rings (SSSR count). The number of hydrogen-bond donors (Lipinski definition) is 1. The Morgan fingerprint density at radius 3 is 2.24 bits per heavy atom. The van der Waals surface area contributed by atoms with E-state index in [1.165, 1.54) is 0 Å². The normalized spacial score (nSPS) is 16.4. The van der Waals surface area contributed by atoms with Crippen molar-refractivity contribution in [2.75, 3.05) is 0 Å². The van der Waals surface area contributed by atoms with Crippen LogP contribution in [0.4, 0.5) is 8.63 Å². The highest BCUT2D eigenvalue weighted by molar-refractivity contribution is 14.1. The molecule has 0 unspecified atom stereocenters. The molecule has 0 fully saturated rings. The number of allylic oxidation sites excluding steroid dienone is 3. The lowest BCUT2D eigenvalue weighted by atomic mass is 9.97. The molecule has 1 aromatic rings. The van der Waals surface area contributed by atoms with Crippen molar-refractivity contribution in [1.29, 1.82) is 0 Å². The molecule has 1 N–H and O–H groups in total. The molecule has 1 aliphatic heterocycles. The van der Waals surface area contributed by atoms with Crippen molar-refractivity contribution < 1.29 is 18.5 Å². The molecule has 1 aliphatic rings. The van der Waals surface area contributed by atoms with E-state index in [1.54, 1.807) is 13.8 Å². The largest absolute Gasteiger partial charge is 0.677 e. The van der Waals surface area contributed by atoms with E-state index in [0.29, 0.717) is 22.7 Å². The van der Waals surface area contributed by atoms with Crippen LogP contribution >= 0.6 is 45.2 Å². The van der Waals surface area contributed by atoms with Crippen LogP contribution in [-0.2, 0) is 4.79 Å². The van der Waals surface area contributed by atoms with E-state index in [0.717, 1.165) is 28.5 Å². The molecule has 0 amide bonds. The number of carbonyl (C=O) groups is 1. The second kappa shape index (κ2) is 7.89. The average molecular weight is 572 g/mol. The van der Waals surface area contributed by atoms with Crippen LogP contribution in [0.2, 0.25) is 0 Å². The minimum Gasteiger partial charge on any atom is -0.481 e. The second-order valence-electron chi connectivity index (χ2n) is 5.88. The van der Waals surface area contributed by atoms with Gasteiger partial charge in [-0.05, 0) is 90.4 Å². The molecule has 0 aliphatic carbocycles. The van der Waals surface area contributed by atoms with E-state index < -0.39 is 13.4 Å². The van der Waals surface area contributed by atoms with Gasteiger partial charge >= 0.3 is 13.4 Å². The lowest BCUT2D eigenvalue weighted by Gasteiger charge is -2.15. The minimum absolute atomic E-state index is 0.138. The fourth-order valence-corrected chi connectivity index (χ4v) is 3.89. The molecule has 0 saturated carbocycles. The third-order valence-electron chi connectivity index (χ3n) is 4.24. The topological polar surface area (TPSA) is 54.6 Å². The van der Waals surface area contributed by atoms with Crippen LogP contribution in [0.25, 0.3) is 5.57 Å². The van der Waals surface area contributed by atoms with E-state index >= 15 is 0 Å². The number of aromatic nitrogens is 1. The Balaban J connectivity index is 2.81. The molecule has 25 heavy (non-hydrogen) atoms. The third kappa shape index (κ3) is 3.86. The quantitative estimate of drug-likeness (QED) is 0.388.